The third kappa shape index (κ3) is 4.52. The van der Waals surface area contributed by atoms with Gasteiger partial charge in [0, 0.05) is 31.7 Å². The molecule has 1 fully saturated rings. The molecule has 1 amide bonds. The largest absolute Gasteiger partial charge is 0.495 e. The van der Waals surface area contributed by atoms with Crippen LogP contribution in [0.3, 0.4) is 0 Å². The van der Waals surface area contributed by atoms with Gasteiger partial charge >= 0.3 is 0 Å². The molecule has 1 aliphatic heterocycles. The summed E-state index contributed by atoms with van der Waals surface area (Å²) in [6.45, 7) is 4.68. The summed E-state index contributed by atoms with van der Waals surface area (Å²) in [5.41, 5.74) is 1.79. The van der Waals surface area contributed by atoms with Crippen molar-refractivity contribution in [2.24, 2.45) is 5.92 Å². The lowest BCUT2D eigenvalue weighted by atomic mass is 9.96. The van der Waals surface area contributed by atoms with E-state index in [4.69, 9.17) is 4.74 Å². The lowest BCUT2D eigenvalue weighted by Gasteiger charge is -2.33. The normalized spacial score (nSPS) is 15.9. The van der Waals surface area contributed by atoms with Crippen molar-refractivity contribution in [1.82, 2.24) is 4.31 Å². The Morgan fingerprint density at radius 2 is 1.73 bits per heavy atom. The van der Waals surface area contributed by atoms with Crippen molar-refractivity contribution in [2.45, 2.75) is 37.5 Å². The first-order chi connectivity index (χ1) is 14.3. The molecule has 162 valence electrons. The zero-order valence-electron chi connectivity index (χ0n) is 18.0. The second kappa shape index (κ2) is 9.18. The van der Waals surface area contributed by atoms with Crippen molar-refractivity contribution in [3.63, 3.8) is 0 Å². The molecule has 1 saturated heterocycles. The van der Waals surface area contributed by atoms with Gasteiger partial charge < -0.3 is 9.64 Å². The molecule has 2 aromatic rings. The maximum absolute atomic E-state index is 13.3. The number of rotatable bonds is 6. The zero-order valence-corrected chi connectivity index (χ0v) is 18.9. The van der Waals surface area contributed by atoms with Crippen molar-refractivity contribution >= 4 is 21.6 Å². The van der Waals surface area contributed by atoms with E-state index in [0.717, 1.165) is 11.3 Å². The predicted molar refractivity (Wildman–Crippen MR) is 118 cm³/mol. The molecule has 0 radical (unpaired) electrons. The number of sulfonamides is 1. The van der Waals surface area contributed by atoms with Gasteiger partial charge in [-0.1, -0.05) is 38.1 Å². The van der Waals surface area contributed by atoms with E-state index >= 15 is 0 Å². The number of hydrogen-bond donors (Lipinski definition) is 0. The van der Waals surface area contributed by atoms with Crippen molar-refractivity contribution in [3.05, 3.63) is 54.1 Å². The van der Waals surface area contributed by atoms with Gasteiger partial charge in [-0.25, -0.2) is 8.42 Å². The van der Waals surface area contributed by atoms with E-state index in [2.05, 4.69) is 0 Å². The summed E-state index contributed by atoms with van der Waals surface area (Å²) >= 11 is 0. The average Bonchev–Trinajstić information content (AvgIpc) is 2.78. The Hall–Kier alpha value is -2.38. The summed E-state index contributed by atoms with van der Waals surface area (Å²) in [7, 11) is -0.452. The SMILES string of the molecule is COc1ccc(C(C)C)cc1S(=O)(=O)N1CCC(C(=O)N(C)c2ccccc2)CC1. The number of ether oxygens (including phenoxy) is 1. The summed E-state index contributed by atoms with van der Waals surface area (Å²) < 4.78 is 33.5. The Labute approximate surface area is 179 Å². The highest BCUT2D eigenvalue weighted by Gasteiger charge is 2.35. The molecule has 0 aliphatic carbocycles. The molecule has 0 bridgehead atoms. The summed E-state index contributed by atoms with van der Waals surface area (Å²) in [6.07, 6.45) is 1.00. The number of para-hydroxylation sites is 1. The number of piperidine rings is 1. The molecule has 0 aromatic heterocycles. The topological polar surface area (TPSA) is 66.9 Å². The van der Waals surface area contributed by atoms with E-state index in [1.807, 2.05) is 50.2 Å². The first-order valence-electron chi connectivity index (χ1n) is 10.3. The van der Waals surface area contributed by atoms with Gasteiger partial charge in [0.2, 0.25) is 15.9 Å². The molecule has 0 N–H and O–H groups in total. The molecular formula is C23H30N2O4S. The van der Waals surface area contributed by atoms with Gasteiger partial charge in [0.1, 0.15) is 10.6 Å². The van der Waals surface area contributed by atoms with Crippen LogP contribution in [-0.2, 0) is 14.8 Å². The number of methoxy groups -OCH3 is 1. The maximum atomic E-state index is 13.3. The minimum atomic E-state index is -3.70. The summed E-state index contributed by atoms with van der Waals surface area (Å²) in [5, 5.41) is 0. The monoisotopic (exact) mass is 430 g/mol. The first kappa shape index (κ1) is 22.3. The summed E-state index contributed by atoms with van der Waals surface area (Å²) in [6, 6.07) is 14.8. The van der Waals surface area contributed by atoms with Crippen LogP contribution in [0.25, 0.3) is 0 Å². The van der Waals surface area contributed by atoms with Crippen molar-refractivity contribution in [3.8, 4) is 5.75 Å². The fraction of sp³-hybridized carbons (Fsp3) is 0.435. The fourth-order valence-corrected chi connectivity index (χ4v) is 5.45. The standard InChI is InChI=1S/C23H30N2O4S/c1-17(2)19-10-11-21(29-4)22(16-19)30(27,28)25-14-12-18(13-15-25)23(26)24(3)20-8-6-5-7-9-20/h5-11,16-18H,12-15H2,1-4H3. The Morgan fingerprint density at radius 1 is 1.10 bits per heavy atom. The number of nitrogens with zero attached hydrogens (tertiary/aromatic N) is 2. The second-order valence-corrected chi connectivity index (χ2v) is 9.88. The van der Waals surface area contributed by atoms with Crippen LogP contribution in [0.4, 0.5) is 5.69 Å². The highest BCUT2D eigenvalue weighted by Crippen LogP contribution is 2.33. The van der Waals surface area contributed by atoms with Gasteiger partial charge in [-0.05, 0) is 48.6 Å². The van der Waals surface area contributed by atoms with Crippen LogP contribution in [0.1, 0.15) is 38.2 Å². The Morgan fingerprint density at radius 3 is 2.30 bits per heavy atom. The molecule has 0 saturated carbocycles. The molecule has 30 heavy (non-hydrogen) atoms. The molecule has 0 spiro atoms. The quantitative estimate of drug-likeness (QED) is 0.698. The van der Waals surface area contributed by atoms with Crippen molar-refractivity contribution < 1.29 is 17.9 Å². The van der Waals surface area contributed by atoms with Crippen LogP contribution in [0.15, 0.2) is 53.4 Å². The van der Waals surface area contributed by atoms with E-state index in [0.29, 0.717) is 31.7 Å². The second-order valence-electron chi connectivity index (χ2n) is 7.98. The predicted octanol–water partition coefficient (Wildman–Crippen LogP) is 3.88. The third-order valence-electron chi connectivity index (χ3n) is 5.75. The molecule has 1 aliphatic rings. The average molecular weight is 431 g/mol. The van der Waals surface area contributed by atoms with Gasteiger partial charge in [-0.3, -0.25) is 4.79 Å². The van der Waals surface area contributed by atoms with Crippen LogP contribution in [0, 0.1) is 5.92 Å². The number of carbonyl (C=O) groups excluding carboxylic acids is 1. The molecule has 0 unspecified atom stereocenters. The number of hydrogen-bond acceptors (Lipinski definition) is 4. The molecule has 1 heterocycles. The van der Waals surface area contributed by atoms with Gasteiger partial charge in [-0.15, -0.1) is 0 Å². The van der Waals surface area contributed by atoms with Gasteiger partial charge in [0.15, 0.2) is 0 Å². The lowest BCUT2D eigenvalue weighted by Crippen LogP contribution is -2.43. The van der Waals surface area contributed by atoms with Crippen LogP contribution < -0.4 is 9.64 Å². The van der Waals surface area contributed by atoms with Gasteiger partial charge in [0.05, 0.1) is 7.11 Å². The fourth-order valence-electron chi connectivity index (χ4n) is 3.79. The smallest absolute Gasteiger partial charge is 0.246 e. The highest BCUT2D eigenvalue weighted by atomic mass is 32.2. The Kier molecular flexibility index (Phi) is 6.83. The number of amides is 1. The molecule has 3 rings (SSSR count). The van der Waals surface area contributed by atoms with E-state index in [-0.39, 0.29) is 22.6 Å². The summed E-state index contributed by atoms with van der Waals surface area (Å²) in [5.74, 6) is 0.395. The first-order valence-corrected chi connectivity index (χ1v) is 11.7. The third-order valence-corrected chi connectivity index (χ3v) is 7.67. The number of benzene rings is 2. The van der Waals surface area contributed by atoms with E-state index < -0.39 is 10.0 Å². The van der Waals surface area contributed by atoms with E-state index in [1.54, 1.807) is 24.1 Å². The molecule has 0 atom stereocenters. The molecular weight excluding hydrogens is 400 g/mol. The number of anilines is 1. The molecule has 7 heteroatoms. The van der Waals surface area contributed by atoms with E-state index in [1.165, 1.54) is 11.4 Å². The van der Waals surface area contributed by atoms with Crippen molar-refractivity contribution in [1.29, 1.82) is 0 Å². The molecule has 6 nitrogen and oxygen atoms in total. The van der Waals surface area contributed by atoms with Crippen LogP contribution in [0.5, 0.6) is 5.75 Å². The lowest BCUT2D eigenvalue weighted by molar-refractivity contribution is -0.123. The Bertz CT molecular complexity index is 982. The van der Waals surface area contributed by atoms with Gasteiger partial charge in [-0.2, -0.15) is 4.31 Å². The summed E-state index contributed by atoms with van der Waals surface area (Å²) in [4.78, 5) is 14.7. The van der Waals surface area contributed by atoms with Gasteiger partial charge in [0.25, 0.3) is 0 Å². The van der Waals surface area contributed by atoms with Crippen LogP contribution in [0.2, 0.25) is 0 Å². The minimum absolute atomic E-state index is 0.0256. The van der Waals surface area contributed by atoms with E-state index in [9.17, 15) is 13.2 Å². The maximum Gasteiger partial charge on any atom is 0.246 e. The zero-order chi connectivity index (χ0) is 21.9. The van der Waals surface area contributed by atoms with Crippen LogP contribution in [-0.4, -0.2) is 45.9 Å². The Balaban J connectivity index is 1.74. The van der Waals surface area contributed by atoms with Crippen molar-refractivity contribution in [2.75, 3.05) is 32.1 Å². The number of carbonyl (C=O) groups is 1. The minimum Gasteiger partial charge on any atom is -0.495 e. The van der Waals surface area contributed by atoms with Crippen LogP contribution >= 0.6 is 0 Å². The highest BCUT2D eigenvalue weighted by molar-refractivity contribution is 7.89. The molecule has 2 aromatic carbocycles.